The van der Waals surface area contributed by atoms with Gasteiger partial charge in [0, 0.05) is 17.4 Å². The number of fused-ring (bicyclic) bond motifs is 1. The van der Waals surface area contributed by atoms with E-state index in [9.17, 15) is 4.79 Å². The summed E-state index contributed by atoms with van der Waals surface area (Å²) in [4.78, 5) is 12.6. The molecular weight excluding hydrogens is 458 g/mol. The Balaban J connectivity index is 2.10. The minimum Gasteiger partial charge on any atom is -0.346 e. The molecule has 1 N–H and O–H groups in total. The number of nitrogens with zero attached hydrogens (tertiary/aromatic N) is 8. The van der Waals surface area contributed by atoms with Crippen molar-refractivity contribution in [2.75, 3.05) is 5.75 Å². The van der Waals surface area contributed by atoms with Crippen molar-refractivity contribution in [2.45, 2.75) is 84.7 Å². The maximum atomic E-state index is 12.6. The molecule has 0 aliphatic heterocycles. The van der Waals surface area contributed by atoms with Gasteiger partial charge in [0.1, 0.15) is 0 Å². The molecular formula is C21H33N9OS2. The largest absolute Gasteiger partial charge is 0.346 e. The van der Waals surface area contributed by atoms with Crippen molar-refractivity contribution in [1.29, 1.82) is 0 Å². The summed E-state index contributed by atoms with van der Waals surface area (Å²) in [5.41, 5.74) is 1.41. The Hall–Kier alpha value is -2.34. The lowest BCUT2D eigenvalue weighted by atomic mass is 9.91. The van der Waals surface area contributed by atoms with Gasteiger partial charge in [-0.15, -0.1) is 20.4 Å². The topological polar surface area (TPSA) is 115 Å². The van der Waals surface area contributed by atoms with Crippen LogP contribution in [0.5, 0.6) is 0 Å². The van der Waals surface area contributed by atoms with Crippen LogP contribution in [0.4, 0.5) is 10.8 Å². The van der Waals surface area contributed by atoms with Crippen LogP contribution < -0.4 is 5.32 Å². The number of amides is 1. The van der Waals surface area contributed by atoms with E-state index in [1.54, 1.807) is 16.3 Å². The summed E-state index contributed by atoms with van der Waals surface area (Å²) in [6, 6.07) is -0.332. The first-order valence-electron chi connectivity index (χ1n) is 11.1. The fourth-order valence-corrected chi connectivity index (χ4v) is 4.65. The lowest BCUT2D eigenvalue weighted by molar-refractivity contribution is -0.129. The molecule has 3 heterocycles. The summed E-state index contributed by atoms with van der Waals surface area (Å²) >= 11 is 3.04. The molecule has 0 fully saturated rings. The van der Waals surface area contributed by atoms with E-state index < -0.39 is 5.41 Å². The molecule has 3 aromatic rings. The van der Waals surface area contributed by atoms with Crippen LogP contribution in [0.2, 0.25) is 0 Å². The second-order valence-corrected chi connectivity index (χ2v) is 12.3. The Kier molecular flexibility index (Phi) is 7.27. The van der Waals surface area contributed by atoms with Crippen molar-refractivity contribution in [2.24, 2.45) is 15.6 Å². The molecule has 1 unspecified atom stereocenters. The number of hydrogen-bond acceptors (Lipinski definition) is 9. The number of carbonyl (C=O) groups is 1. The number of aryl methyl sites for hydroxylation is 1. The third-order valence-electron chi connectivity index (χ3n) is 4.85. The van der Waals surface area contributed by atoms with Crippen molar-refractivity contribution >= 4 is 45.5 Å². The van der Waals surface area contributed by atoms with Crippen LogP contribution in [0.15, 0.2) is 14.6 Å². The van der Waals surface area contributed by atoms with Gasteiger partial charge in [-0.3, -0.25) is 4.79 Å². The zero-order chi connectivity index (χ0) is 24.6. The molecule has 1 amide bonds. The summed E-state index contributed by atoms with van der Waals surface area (Å²) in [7, 11) is 0. The summed E-state index contributed by atoms with van der Waals surface area (Å²) in [5, 5.41) is 30.4. The van der Waals surface area contributed by atoms with Crippen molar-refractivity contribution in [1.82, 2.24) is 34.9 Å². The van der Waals surface area contributed by atoms with Crippen LogP contribution in [-0.2, 0) is 16.8 Å². The van der Waals surface area contributed by atoms with E-state index in [4.69, 9.17) is 10.2 Å². The minimum atomic E-state index is -0.503. The second-order valence-electron chi connectivity index (χ2n) is 9.79. The third-order valence-corrected chi connectivity index (χ3v) is 6.67. The van der Waals surface area contributed by atoms with E-state index in [1.807, 2.05) is 39.3 Å². The molecule has 0 aliphatic carbocycles. The maximum absolute atomic E-state index is 12.6. The van der Waals surface area contributed by atoms with Crippen molar-refractivity contribution in [3.63, 3.8) is 0 Å². The normalized spacial score (nSPS) is 13.8. The molecule has 10 nitrogen and oxygen atoms in total. The number of aromatic nitrogens is 6. The number of thioether (sulfide) groups is 1. The van der Waals surface area contributed by atoms with Gasteiger partial charge in [-0.1, -0.05) is 71.6 Å². The molecule has 0 spiro atoms. The monoisotopic (exact) mass is 491 g/mol. The fraction of sp³-hybridized carbons (Fsp3) is 0.667. The Morgan fingerprint density at radius 2 is 1.82 bits per heavy atom. The van der Waals surface area contributed by atoms with E-state index in [2.05, 4.69) is 53.4 Å². The van der Waals surface area contributed by atoms with Crippen molar-refractivity contribution in [3.05, 3.63) is 11.5 Å². The van der Waals surface area contributed by atoms with E-state index >= 15 is 0 Å². The number of hydrogen-bond donors (Lipinski definition) is 1. The first-order valence-corrected chi connectivity index (χ1v) is 12.9. The second kappa shape index (κ2) is 9.49. The highest BCUT2D eigenvalue weighted by Crippen LogP contribution is 2.37. The molecule has 0 aromatic carbocycles. The standard InChI is InChI=1S/C21H33N9OS2/c1-10-29-16-13(23-24-18-25-26-19(33-18)32-11-2)14(20(4,5)6)27-30(16)15(28-29)12(3)22-17(31)21(7,8)9/h12H,10-11H2,1-9H3,(H,22,31). The maximum Gasteiger partial charge on any atom is 0.252 e. The SMILES string of the molecule is CCSc1nnc(N=Nc2c(C(C)(C)C)nn3c(C(C)NC(=O)C(C)(C)C)nn(CC)c23)s1. The summed E-state index contributed by atoms with van der Waals surface area (Å²) < 4.78 is 4.50. The Morgan fingerprint density at radius 3 is 2.39 bits per heavy atom. The number of nitrogens with one attached hydrogen (secondary N) is 1. The van der Waals surface area contributed by atoms with Gasteiger partial charge in [-0.25, -0.2) is 4.68 Å². The molecule has 180 valence electrons. The minimum absolute atomic E-state index is 0.0469. The highest BCUT2D eigenvalue weighted by molar-refractivity contribution is 8.01. The highest BCUT2D eigenvalue weighted by Gasteiger charge is 2.31. The van der Waals surface area contributed by atoms with Gasteiger partial charge >= 0.3 is 0 Å². The Bertz CT molecular complexity index is 1160. The number of azo groups is 1. The average molecular weight is 492 g/mol. The molecule has 0 saturated heterocycles. The van der Waals surface area contributed by atoms with Gasteiger partial charge in [0.2, 0.25) is 5.91 Å². The first-order chi connectivity index (χ1) is 15.4. The van der Waals surface area contributed by atoms with Gasteiger partial charge in [0.05, 0.1) is 11.7 Å². The van der Waals surface area contributed by atoms with Crippen LogP contribution in [0.25, 0.3) is 5.65 Å². The van der Waals surface area contributed by atoms with E-state index in [0.29, 0.717) is 23.2 Å². The van der Waals surface area contributed by atoms with Crippen molar-refractivity contribution < 1.29 is 4.79 Å². The van der Waals surface area contributed by atoms with E-state index in [1.165, 1.54) is 11.3 Å². The average Bonchev–Trinajstić information content (AvgIpc) is 3.39. The van der Waals surface area contributed by atoms with Gasteiger partial charge in [-0.05, 0) is 19.6 Å². The highest BCUT2D eigenvalue weighted by atomic mass is 32.2. The number of carbonyl (C=O) groups excluding carboxylic acids is 1. The van der Waals surface area contributed by atoms with Gasteiger partial charge in [0.15, 0.2) is 21.5 Å². The fourth-order valence-electron chi connectivity index (χ4n) is 3.09. The number of rotatable bonds is 7. The Morgan fingerprint density at radius 1 is 1.12 bits per heavy atom. The van der Waals surface area contributed by atoms with Crippen LogP contribution in [-0.4, -0.2) is 41.3 Å². The van der Waals surface area contributed by atoms with Crippen LogP contribution in [0, 0.1) is 5.41 Å². The summed E-state index contributed by atoms with van der Waals surface area (Å²) in [5.74, 6) is 1.52. The van der Waals surface area contributed by atoms with Crippen molar-refractivity contribution in [3.8, 4) is 0 Å². The van der Waals surface area contributed by atoms with Gasteiger partial charge in [-0.2, -0.15) is 14.7 Å². The lowest BCUT2D eigenvalue weighted by Gasteiger charge is -2.20. The van der Waals surface area contributed by atoms with Crippen LogP contribution in [0.1, 0.15) is 79.9 Å². The van der Waals surface area contributed by atoms with E-state index in [-0.39, 0.29) is 17.4 Å². The first kappa shape index (κ1) is 25.3. The molecule has 0 radical (unpaired) electrons. The summed E-state index contributed by atoms with van der Waals surface area (Å²) in [6.07, 6.45) is 0. The van der Waals surface area contributed by atoms with Crippen LogP contribution >= 0.6 is 23.1 Å². The molecule has 33 heavy (non-hydrogen) atoms. The quantitative estimate of drug-likeness (QED) is 0.347. The molecule has 0 aliphatic rings. The van der Waals surface area contributed by atoms with Gasteiger partial charge in [0.25, 0.3) is 5.13 Å². The lowest BCUT2D eigenvalue weighted by Crippen LogP contribution is -2.37. The van der Waals surface area contributed by atoms with Gasteiger partial charge < -0.3 is 5.32 Å². The molecule has 3 aromatic heterocycles. The molecule has 0 saturated carbocycles. The zero-order valence-electron chi connectivity index (χ0n) is 20.8. The molecule has 12 heteroatoms. The van der Waals surface area contributed by atoms with E-state index in [0.717, 1.165) is 21.4 Å². The predicted octanol–water partition coefficient (Wildman–Crippen LogP) is 5.45. The predicted molar refractivity (Wildman–Crippen MR) is 132 cm³/mol. The third kappa shape index (κ3) is 5.43. The molecule has 3 rings (SSSR count). The molecule has 1 atom stereocenters. The van der Waals surface area contributed by atoms with Crippen LogP contribution in [0.3, 0.4) is 0 Å². The smallest absolute Gasteiger partial charge is 0.252 e. The summed E-state index contributed by atoms with van der Waals surface area (Å²) in [6.45, 7) is 18.5. The molecule has 0 bridgehead atoms. The Labute approximate surface area is 202 Å². The zero-order valence-corrected chi connectivity index (χ0v) is 22.4.